The molecule has 2 aromatic heterocycles. The third kappa shape index (κ3) is 5.59. The summed E-state index contributed by atoms with van der Waals surface area (Å²) in [5.74, 6) is 1.56. The van der Waals surface area contributed by atoms with E-state index in [1.165, 1.54) is 0 Å². The standard InChI is InChI=1S/C20H29N5O3/c1-20(2,3)19(26)28-25-11-7-15(8-12-25)13-24(4)14-17-22-18(23-27-17)16-5-9-21-10-6-16/h5-6,9-10,15H,7-8,11-14H2,1-4H3. The van der Waals surface area contributed by atoms with Crippen molar-refractivity contribution < 1.29 is 14.2 Å². The van der Waals surface area contributed by atoms with Gasteiger partial charge in [0, 0.05) is 37.6 Å². The molecule has 3 heterocycles. The molecule has 0 unspecified atom stereocenters. The Morgan fingerprint density at radius 3 is 2.61 bits per heavy atom. The fourth-order valence-corrected chi connectivity index (χ4v) is 3.11. The molecule has 0 aliphatic carbocycles. The Balaban J connectivity index is 1.43. The largest absolute Gasteiger partial charge is 0.367 e. The molecule has 0 N–H and O–H groups in total. The fraction of sp³-hybridized carbons (Fsp3) is 0.600. The summed E-state index contributed by atoms with van der Waals surface area (Å²) in [6.07, 6.45) is 5.41. The number of pyridine rings is 1. The molecule has 0 spiro atoms. The minimum Gasteiger partial charge on any atom is -0.367 e. The number of rotatable bonds is 6. The van der Waals surface area contributed by atoms with Crippen molar-refractivity contribution in [3.05, 3.63) is 30.4 Å². The smallest absolute Gasteiger partial charge is 0.330 e. The van der Waals surface area contributed by atoms with Crippen molar-refractivity contribution in [3.63, 3.8) is 0 Å². The Morgan fingerprint density at radius 2 is 1.96 bits per heavy atom. The first-order valence-electron chi connectivity index (χ1n) is 9.70. The van der Waals surface area contributed by atoms with Crippen molar-refractivity contribution >= 4 is 5.97 Å². The predicted octanol–water partition coefficient (Wildman–Crippen LogP) is 2.78. The zero-order valence-electron chi connectivity index (χ0n) is 17.1. The third-order valence-corrected chi connectivity index (χ3v) is 4.78. The Morgan fingerprint density at radius 1 is 1.29 bits per heavy atom. The van der Waals surface area contributed by atoms with Gasteiger partial charge in [0.1, 0.15) is 0 Å². The molecule has 0 amide bonds. The van der Waals surface area contributed by atoms with Gasteiger partial charge in [-0.1, -0.05) is 5.16 Å². The highest BCUT2D eigenvalue weighted by Crippen LogP contribution is 2.22. The quantitative estimate of drug-likeness (QED) is 0.748. The Bertz CT molecular complexity index is 764. The molecule has 8 heteroatoms. The maximum atomic E-state index is 12.0. The van der Waals surface area contributed by atoms with E-state index in [9.17, 15) is 4.79 Å². The van der Waals surface area contributed by atoms with E-state index in [-0.39, 0.29) is 5.97 Å². The molecule has 8 nitrogen and oxygen atoms in total. The second kappa shape index (κ2) is 8.79. The molecular weight excluding hydrogens is 358 g/mol. The van der Waals surface area contributed by atoms with Gasteiger partial charge < -0.3 is 9.36 Å². The predicted molar refractivity (Wildman–Crippen MR) is 104 cm³/mol. The number of hydrogen-bond acceptors (Lipinski definition) is 8. The lowest BCUT2D eigenvalue weighted by Gasteiger charge is -2.33. The monoisotopic (exact) mass is 387 g/mol. The van der Waals surface area contributed by atoms with Gasteiger partial charge in [0.25, 0.3) is 0 Å². The fourth-order valence-electron chi connectivity index (χ4n) is 3.11. The van der Waals surface area contributed by atoms with Gasteiger partial charge in [-0.2, -0.15) is 4.98 Å². The summed E-state index contributed by atoms with van der Waals surface area (Å²) in [4.78, 5) is 28.2. The molecule has 0 atom stereocenters. The molecular formula is C20H29N5O3. The van der Waals surface area contributed by atoms with Crippen LogP contribution in [0.1, 0.15) is 39.5 Å². The van der Waals surface area contributed by atoms with Crippen LogP contribution in [0.2, 0.25) is 0 Å². The minimum atomic E-state index is -0.476. The van der Waals surface area contributed by atoms with Crippen LogP contribution in [0.3, 0.4) is 0 Å². The van der Waals surface area contributed by atoms with E-state index in [0.717, 1.165) is 38.0 Å². The van der Waals surface area contributed by atoms with Crippen molar-refractivity contribution in [1.82, 2.24) is 25.1 Å². The maximum absolute atomic E-state index is 12.0. The van der Waals surface area contributed by atoms with Crippen molar-refractivity contribution in [2.75, 3.05) is 26.7 Å². The highest BCUT2D eigenvalue weighted by Gasteiger charge is 2.28. The number of carbonyl (C=O) groups is 1. The minimum absolute atomic E-state index is 0.176. The van der Waals surface area contributed by atoms with E-state index in [1.807, 2.05) is 32.9 Å². The van der Waals surface area contributed by atoms with Crippen LogP contribution in [0.25, 0.3) is 11.4 Å². The summed E-state index contributed by atoms with van der Waals surface area (Å²) in [5, 5.41) is 5.84. The number of piperidine rings is 1. The van der Waals surface area contributed by atoms with Gasteiger partial charge in [-0.25, -0.2) is 4.79 Å². The topological polar surface area (TPSA) is 84.6 Å². The van der Waals surface area contributed by atoms with Crippen LogP contribution in [0, 0.1) is 11.3 Å². The molecule has 1 aliphatic heterocycles. The lowest BCUT2D eigenvalue weighted by Crippen LogP contribution is -2.40. The molecule has 28 heavy (non-hydrogen) atoms. The van der Waals surface area contributed by atoms with Crippen molar-refractivity contribution in [1.29, 1.82) is 0 Å². The Labute approximate surface area is 165 Å². The lowest BCUT2D eigenvalue weighted by molar-refractivity contribution is -0.206. The SMILES string of the molecule is CN(Cc1nc(-c2ccncc2)no1)CC1CCN(OC(=O)C(C)(C)C)CC1. The van der Waals surface area contributed by atoms with Crippen LogP contribution in [-0.2, 0) is 16.2 Å². The number of hydrogen-bond donors (Lipinski definition) is 0. The second-order valence-corrected chi connectivity index (χ2v) is 8.45. The maximum Gasteiger partial charge on any atom is 0.330 e. The van der Waals surface area contributed by atoms with Crippen LogP contribution in [0.5, 0.6) is 0 Å². The van der Waals surface area contributed by atoms with Crippen LogP contribution < -0.4 is 0 Å². The Hall–Kier alpha value is -2.32. The molecule has 3 rings (SSSR count). The molecule has 0 radical (unpaired) electrons. The molecule has 1 aliphatic rings. The van der Waals surface area contributed by atoms with Gasteiger partial charge in [0.15, 0.2) is 0 Å². The number of nitrogens with zero attached hydrogens (tertiary/aromatic N) is 5. The molecule has 152 valence electrons. The van der Waals surface area contributed by atoms with Crippen LogP contribution in [0.15, 0.2) is 29.0 Å². The van der Waals surface area contributed by atoms with E-state index < -0.39 is 5.41 Å². The van der Waals surface area contributed by atoms with Gasteiger partial charge in [0.2, 0.25) is 11.7 Å². The van der Waals surface area contributed by atoms with E-state index in [4.69, 9.17) is 9.36 Å². The van der Waals surface area contributed by atoms with Gasteiger partial charge >= 0.3 is 5.97 Å². The summed E-state index contributed by atoms with van der Waals surface area (Å²) in [6.45, 7) is 8.70. The molecule has 0 saturated carbocycles. The zero-order chi connectivity index (χ0) is 20.1. The normalized spacial score (nSPS) is 16.5. The van der Waals surface area contributed by atoms with E-state index in [1.54, 1.807) is 17.5 Å². The van der Waals surface area contributed by atoms with Crippen LogP contribution in [0.4, 0.5) is 0 Å². The van der Waals surface area contributed by atoms with E-state index in [2.05, 4.69) is 27.1 Å². The van der Waals surface area contributed by atoms with Gasteiger partial charge in [-0.15, -0.1) is 5.06 Å². The first-order chi connectivity index (χ1) is 13.3. The van der Waals surface area contributed by atoms with Crippen LogP contribution in [-0.4, -0.2) is 57.7 Å². The summed E-state index contributed by atoms with van der Waals surface area (Å²) in [6, 6.07) is 3.72. The zero-order valence-corrected chi connectivity index (χ0v) is 17.1. The second-order valence-electron chi connectivity index (χ2n) is 8.45. The van der Waals surface area contributed by atoms with Gasteiger partial charge in [0.05, 0.1) is 12.0 Å². The Kier molecular flexibility index (Phi) is 6.41. The highest BCUT2D eigenvalue weighted by atomic mass is 16.7. The van der Waals surface area contributed by atoms with E-state index in [0.29, 0.717) is 24.2 Å². The van der Waals surface area contributed by atoms with Gasteiger partial charge in [-0.3, -0.25) is 9.88 Å². The molecule has 0 aromatic carbocycles. The average Bonchev–Trinajstić information content (AvgIpc) is 3.11. The first kappa shape index (κ1) is 20.4. The molecule has 1 fully saturated rings. The highest BCUT2D eigenvalue weighted by molar-refractivity contribution is 5.75. The molecule has 0 bridgehead atoms. The van der Waals surface area contributed by atoms with Crippen molar-refractivity contribution in [3.8, 4) is 11.4 Å². The summed E-state index contributed by atoms with van der Waals surface area (Å²) in [5.41, 5.74) is 0.417. The first-order valence-corrected chi connectivity index (χ1v) is 9.70. The summed E-state index contributed by atoms with van der Waals surface area (Å²) >= 11 is 0. The van der Waals surface area contributed by atoms with Gasteiger partial charge in [-0.05, 0) is 58.7 Å². The van der Waals surface area contributed by atoms with E-state index >= 15 is 0 Å². The van der Waals surface area contributed by atoms with Crippen molar-refractivity contribution in [2.45, 2.75) is 40.2 Å². The molecule has 1 saturated heterocycles. The number of hydroxylamine groups is 2. The third-order valence-electron chi connectivity index (χ3n) is 4.78. The van der Waals surface area contributed by atoms with Crippen molar-refractivity contribution in [2.24, 2.45) is 11.3 Å². The number of aromatic nitrogens is 3. The lowest BCUT2D eigenvalue weighted by atomic mass is 9.97. The average molecular weight is 387 g/mol. The summed E-state index contributed by atoms with van der Waals surface area (Å²) < 4.78 is 5.38. The number of carbonyl (C=O) groups excluding carboxylic acids is 1. The molecule has 2 aromatic rings. The summed E-state index contributed by atoms with van der Waals surface area (Å²) in [7, 11) is 2.06. The van der Waals surface area contributed by atoms with Crippen LogP contribution >= 0.6 is 0 Å².